The second-order valence-electron chi connectivity index (χ2n) is 9.01. The van der Waals surface area contributed by atoms with Gasteiger partial charge >= 0.3 is 0 Å². The van der Waals surface area contributed by atoms with Crippen molar-refractivity contribution in [1.29, 1.82) is 0 Å². The lowest BCUT2D eigenvalue weighted by Crippen LogP contribution is -2.46. The van der Waals surface area contributed by atoms with Gasteiger partial charge in [-0.25, -0.2) is 0 Å². The van der Waals surface area contributed by atoms with Crippen molar-refractivity contribution in [1.82, 2.24) is 20.0 Å². The third-order valence-corrected chi connectivity index (χ3v) is 6.70. The smallest absolute Gasteiger partial charge is 0.252 e. The molecule has 1 aromatic heterocycles. The van der Waals surface area contributed by atoms with Crippen LogP contribution in [-0.4, -0.2) is 60.4 Å². The van der Waals surface area contributed by atoms with Crippen LogP contribution >= 0.6 is 0 Å². The Kier molecular flexibility index (Phi) is 9.53. The highest BCUT2D eigenvalue weighted by molar-refractivity contribution is 5.97. The van der Waals surface area contributed by atoms with Gasteiger partial charge in [0, 0.05) is 56.2 Å². The molecule has 1 aliphatic heterocycles. The largest absolute Gasteiger partial charge is 0.497 e. The number of aromatic nitrogens is 2. The topological polar surface area (TPSA) is 62.6 Å². The summed E-state index contributed by atoms with van der Waals surface area (Å²) >= 11 is 0. The van der Waals surface area contributed by atoms with Crippen molar-refractivity contribution < 1.29 is 9.53 Å². The van der Waals surface area contributed by atoms with Crippen LogP contribution in [-0.2, 0) is 7.05 Å². The van der Waals surface area contributed by atoms with Gasteiger partial charge in [0.15, 0.2) is 0 Å². The maximum Gasteiger partial charge on any atom is 0.252 e. The van der Waals surface area contributed by atoms with E-state index in [0.717, 1.165) is 72.0 Å². The highest BCUT2D eigenvalue weighted by Gasteiger charge is 2.20. The molecule has 0 aliphatic carbocycles. The summed E-state index contributed by atoms with van der Waals surface area (Å²) in [7, 11) is 3.55. The van der Waals surface area contributed by atoms with Gasteiger partial charge in [0.1, 0.15) is 5.75 Å². The van der Waals surface area contributed by atoms with Crippen LogP contribution in [0.5, 0.6) is 5.75 Å². The van der Waals surface area contributed by atoms with E-state index in [0.29, 0.717) is 0 Å². The number of nitrogens with zero attached hydrogens (tertiary/aromatic N) is 4. The van der Waals surface area contributed by atoms with E-state index in [9.17, 15) is 4.79 Å². The highest BCUT2D eigenvalue weighted by Crippen LogP contribution is 2.29. The van der Waals surface area contributed by atoms with Crippen molar-refractivity contribution in [2.24, 2.45) is 7.05 Å². The molecular weight excluding hydrogens is 450 g/mol. The van der Waals surface area contributed by atoms with Crippen molar-refractivity contribution in [3.8, 4) is 16.9 Å². The fraction of sp³-hybridized carbons (Fsp3) is 0.448. The SMILES string of the molecule is CC.CCN1CCN(c2ccc(C)c(C(=O)NC(C)c3cc(OC)cc(-c4cnn(C)c4)c3)c2)CC1. The quantitative estimate of drug-likeness (QED) is 0.500. The number of benzene rings is 2. The number of methoxy groups -OCH3 is 1. The van der Waals surface area contributed by atoms with Crippen molar-refractivity contribution in [2.45, 2.75) is 40.7 Å². The number of rotatable bonds is 7. The normalized spacial score (nSPS) is 14.6. The molecule has 1 amide bonds. The number of amides is 1. The third kappa shape index (κ3) is 6.46. The monoisotopic (exact) mass is 491 g/mol. The summed E-state index contributed by atoms with van der Waals surface area (Å²) in [5.74, 6) is 0.687. The first kappa shape index (κ1) is 27.3. The molecule has 36 heavy (non-hydrogen) atoms. The molecule has 1 atom stereocenters. The van der Waals surface area contributed by atoms with E-state index in [1.54, 1.807) is 11.8 Å². The second kappa shape index (κ2) is 12.6. The molecule has 4 rings (SSSR count). The van der Waals surface area contributed by atoms with E-state index in [1.807, 2.05) is 71.4 Å². The zero-order valence-electron chi connectivity index (χ0n) is 22.8. The fourth-order valence-corrected chi connectivity index (χ4v) is 4.46. The molecule has 194 valence electrons. The molecule has 2 aromatic carbocycles. The number of carbonyl (C=O) groups excluding carboxylic acids is 1. The van der Waals surface area contributed by atoms with Gasteiger partial charge in [-0.15, -0.1) is 0 Å². The molecule has 7 nitrogen and oxygen atoms in total. The molecule has 0 saturated carbocycles. The molecular formula is C29H41N5O2. The maximum absolute atomic E-state index is 13.3. The van der Waals surface area contributed by atoms with Crippen molar-refractivity contribution in [2.75, 3.05) is 44.7 Å². The summed E-state index contributed by atoms with van der Waals surface area (Å²) in [6.07, 6.45) is 3.80. The zero-order chi connectivity index (χ0) is 26.2. The molecule has 0 bridgehead atoms. The number of hydrogen-bond acceptors (Lipinski definition) is 5. The van der Waals surface area contributed by atoms with Crippen LogP contribution < -0.4 is 15.0 Å². The third-order valence-electron chi connectivity index (χ3n) is 6.70. The molecule has 0 radical (unpaired) electrons. The minimum atomic E-state index is -0.186. The number of likely N-dealkylation sites (N-methyl/N-ethyl adjacent to an activating group) is 1. The molecule has 1 unspecified atom stereocenters. The van der Waals surface area contributed by atoms with E-state index in [4.69, 9.17) is 4.74 Å². The number of nitrogens with one attached hydrogen (secondary N) is 1. The lowest BCUT2D eigenvalue weighted by atomic mass is 10.0. The van der Waals surface area contributed by atoms with Crippen molar-refractivity contribution >= 4 is 11.6 Å². The number of piperazine rings is 1. The number of aryl methyl sites for hydroxylation is 2. The van der Waals surface area contributed by atoms with E-state index in [2.05, 4.69) is 39.3 Å². The van der Waals surface area contributed by atoms with Crippen LogP contribution in [0, 0.1) is 6.92 Å². The molecule has 1 aliphatic rings. The number of carbonyl (C=O) groups is 1. The Balaban J connectivity index is 0.00000176. The first-order valence-corrected chi connectivity index (χ1v) is 12.9. The van der Waals surface area contributed by atoms with Crippen LogP contribution in [0.2, 0.25) is 0 Å². The van der Waals surface area contributed by atoms with Gasteiger partial charge in [-0.05, 0) is 67.4 Å². The maximum atomic E-state index is 13.3. The van der Waals surface area contributed by atoms with Gasteiger partial charge in [0.05, 0.1) is 19.3 Å². The van der Waals surface area contributed by atoms with Crippen molar-refractivity contribution in [3.05, 3.63) is 65.5 Å². The molecule has 7 heteroatoms. The first-order chi connectivity index (χ1) is 17.4. The van der Waals surface area contributed by atoms with Crippen LogP contribution in [0.3, 0.4) is 0 Å². The van der Waals surface area contributed by atoms with Crippen LogP contribution in [0.15, 0.2) is 48.8 Å². The van der Waals surface area contributed by atoms with Gasteiger partial charge in [0.25, 0.3) is 5.91 Å². The van der Waals surface area contributed by atoms with E-state index >= 15 is 0 Å². The molecule has 3 aromatic rings. The minimum Gasteiger partial charge on any atom is -0.497 e. The zero-order valence-corrected chi connectivity index (χ0v) is 22.8. The number of hydrogen-bond donors (Lipinski definition) is 1. The predicted molar refractivity (Wildman–Crippen MR) is 148 cm³/mol. The first-order valence-electron chi connectivity index (χ1n) is 12.9. The van der Waals surface area contributed by atoms with Gasteiger partial charge in [-0.1, -0.05) is 26.8 Å². The lowest BCUT2D eigenvalue weighted by molar-refractivity contribution is 0.0939. The van der Waals surface area contributed by atoms with Gasteiger partial charge < -0.3 is 19.9 Å². The summed E-state index contributed by atoms with van der Waals surface area (Å²) in [5.41, 5.74) is 5.80. The highest BCUT2D eigenvalue weighted by atomic mass is 16.5. The molecule has 1 fully saturated rings. The Labute approximate surface area is 216 Å². The summed E-state index contributed by atoms with van der Waals surface area (Å²) < 4.78 is 7.31. The number of ether oxygens (including phenoxy) is 1. The van der Waals surface area contributed by atoms with E-state index < -0.39 is 0 Å². The Hall–Kier alpha value is -3.32. The molecule has 1 N–H and O–H groups in total. The molecule has 0 spiro atoms. The van der Waals surface area contributed by atoms with Crippen LogP contribution in [0.25, 0.3) is 11.1 Å². The molecule has 1 saturated heterocycles. The summed E-state index contributed by atoms with van der Waals surface area (Å²) in [6, 6.07) is 12.1. The standard InChI is InChI=1S/C27H35N5O2.C2H6/c1-6-31-9-11-32(12-10-31)24-8-7-19(2)26(16-24)27(33)29-20(3)21-13-22(15-25(14-21)34-5)23-17-28-30(4)18-23;1-2/h7-8,13-18,20H,6,9-12H2,1-5H3,(H,29,33);1-2H3. The second-order valence-corrected chi connectivity index (χ2v) is 9.01. The van der Waals surface area contributed by atoms with Crippen LogP contribution in [0.1, 0.15) is 55.2 Å². The fourth-order valence-electron chi connectivity index (χ4n) is 4.46. The van der Waals surface area contributed by atoms with Gasteiger partial charge in [-0.2, -0.15) is 5.10 Å². The molecule has 2 heterocycles. The summed E-state index contributed by atoms with van der Waals surface area (Å²) in [4.78, 5) is 18.1. The lowest BCUT2D eigenvalue weighted by Gasteiger charge is -2.35. The predicted octanol–water partition coefficient (Wildman–Crippen LogP) is 5.06. The Morgan fingerprint density at radius 1 is 1.08 bits per heavy atom. The van der Waals surface area contributed by atoms with Crippen LogP contribution in [0.4, 0.5) is 5.69 Å². The Morgan fingerprint density at radius 3 is 2.42 bits per heavy atom. The Bertz CT molecular complexity index is 1150. The minimum absolute atomic E-state index is 0.0650. The van der Waals surface area contributed by atoms with Gasteiger partial charge in [-0.3, -0.25) is 9.48 Å². The van der Waals surface area contributed by atoms with Gasteiger partial charge in [0.2, 0.25) is 0 Å². The Morgan fingerprint density at radius 2 is 1.81 bits per heavy atom. The summed E-state index contributed by atoms with van der Waals surface area (Å²) in [5, 5.41) is 7.47. The van der Waals surface area contributed by atoms with E-state index in [1.165, 1.54) is 0 Å². The average molecular weight is 492 g/mol. The summed E-state index contributed by atoms with van der Waals surface area (Å²) in [6.45, 7) is 15.3. The van der Waals surface area contributed by atoms with E-state index in [-0.39, 0.29) is 11.9 Å². The van der Waals surface area contributed by atoms with Crippen molar-refractivity contribution in [3.63, 3.8) is 0 Å². The number of anilines is 1. The average Bonchev–Trinajstić information content (AvgIpc) is 3.36.